The minimum atomic E-state index is 0.374. The molecule has 1 aromatic carbocycles. The molecule has 0 saturated carbocycles. The van der Waals surface area contributed by atoms with Gasteiger partial charge >= 0.3 is 0 Å². The van der Waals surface area contributed by atoms with E-state index in [1.807, 2.05) is 24.4 Å². The molecule has 3 rings (SSSR count). The number of aryl methyl sites for hydroxylation is 1. The van der Waals surface area contributed by atoms with E-state index in [0.717, 1.165) is 16.4 Å². The average molecular weight is 377 g/mol. The van der Waals surface area contributed by atoms with Crippen LogP contribution in [0.3, 0.4) is 0 Å². The highest BCUT2D eigenvalue weighted by Crippen LogP contribution is 2.30. The maximum absolute atomic E-state index is 6.27. The number of nitrogens with one attached hydrogen (secondary N) is 1. The molecule has 8 heteroatoms. The normalized spacial score (nSPS) is 10.7. The second-order valence-electron chi connectivity index (χ2n) is 5.22. The van der Waals surface area contributed by atoms with Crippen molar-refractivity contribution in [3.63, 3.8) is 0 Å². The van der Waals surface area contributed by atoms with Crippen LogP contribution in [0.5, 0.6) is 5.75 Å². The van der Waals surface area contributed by atoms with Gasteiger partial charge < -0.3 is 14.8 Å². The van der Waals surface area contributed by atoms with Gasteiger partial charge in [-0.3, -0.25) is 0 Å². The lowest BCUT2D eigenvalue weighted by Crippen LogP contribution is -2.03. The number of anilines is 2. The van der Waals surface area contributed by atoms with Crippen molar-refractivity contribution >= 4 is 34.4 Å². The quantitative estimate of drug-likeness (QED) is 0.684. The van der Waals surface area contributed by atoms with Crippen LogP contribution in [0.25, 0.3) is 11.5 Å². The van der Waals surface area contributed by atoms with Crippen molar-refractivity contribution in [3.8, 4) is 17.3 Å². The number of benzene rings is 1. The lowest BCUT2D eigenvalue weighted by molar-refractivity contribution is 0.181. The summed E-state index contributed by atoms with van der Waals surface area (Å²) in [6, 6.07) is 7.20. The van der Waals surface area contributed by atoms with Crippen LogP contribution in [-0.4, -0.2) is 29.2 Å². The molecule has 0 atom stereocenters. The van der Waals surface area contributed by atoms with Gasteiger partial charge in [0.2, 0.25) is 0 Å². The molecule has 0 spiro atoms. The zero-order valence-electron chi connectivity index (χ0n) is 14.0. The maximum atomic E-state index is 6.27. The van der Waals surface area contributed by atoms with Gasteiger partial charge in [-0.25, -0.2) is 15.0 Å². The fourth-order valence-corrected chi connectivity index (χ4v) is 2.99. The summed E-state index contributed by atoms with van der Waals surface area (Å²) in [6.07, 6.45) is 0. The van der Waals surface area contributed by atoms with Crippen LogP contribution >= 0.6 is 22.9 Å². The Kier molecular flexibility index (Phi) is 5.47. The first kappa shape index (κ1) is 17.6. The predicted octanol–water partition coefficient (Wildman–Crippen LogP) is 4.46. The van der Waals surface area contributed by atoms with Gasteiger partial charge in [-0.2, -0.15) is 0 Å². The molecule has 0 aliphatic carbocycles. The van der Waals surface area contributed by atoms with E-state index in [9.17, 15) is 0 Å². The van der Waals surface area contributed by atoms with E-state index in [1.165, 1.54) is 0 Å². The van der Waals surface area contributed by atoms with Crippen LogP contribution in [-0.2, 0) is 11.3 Å². The Balaban J connectivity index is 1.99. The Labute approximate surface area is 154 Å². The van der Waals surface area contributed by atoms with E-state index in [0.29, 0.717) is 34.7 Å². The van der Waals surface area contributed by atoms with Gasteiger partial charge in [0.05, 0.1) is 35.1 Å². The zero-order chi connectivity index (χ0) is 17.8. The summed E-state index contributed by atoms with van der Waals surface area (Å²) in [5, 5.41) is 6.68. The average Bonchev–Trinajstić information content (AvgIpc) is 3.03. The Morgan fingerprint density at radius 2 is 2.00 bits per heavy atom. The number of rotatable bonds is 6. The molecule has 0 amide bonds. The minimum Gasteiger partial charge on any atom is -0.497 e. The summed E-state index contributed by atoms with van der Waals surface area (Å²) in [5.74, 6) is 1.85. The SMILES string of the molecule is COCc1cc(Nc2cc(OC)ccc2Cl)nc(-c2csc(C)n2)n1. The van der Waals surface area contributed by atoms with Crippen molar-refractivity contribution in [2.75, 3.05) is 19.5 Å². The summed E-state index contributed by atoms with van der Waals surface area (Å²) in [5.41, 5.74) is 2.18. The molecule has 130 valence electrons. The van der Waals surface area contributed by atoms with E-state index in [2.05, 4.69) is 20.3 Å². The molecule has 3 aromatic rings. The molecule has 0 aliphatic rings. The lowest BCUT2D eigenvalue weighted by atomic mass is 10.3. The first-order valence-electron chi connectivity index (χ1n) is 7.49. The number of halogens is 1. The fourth-order valence-electron chi connectivity index (χ4n) is 2.23. The topological polar surface area (TPSA) is 69.2 Å². The smallest absolute Gasteiger partial charge is 0.181 e. The lowest BCUT2D eigenvalue weighted by Gasteiger charge is -2.11. The van der Waals surface area contributed by atoms with Gasteiger partial charge in [0.25, 0.3) is 0 Å². The van der Waals surface area contributed by atoms with E-state index in [4.69, 9.17) is 21.1 Å². The van der Waals surface area contributed by atoms with E-state index >= 15 is 0 Å². The second-order valence-corrected chi connectivity index (χ2v) is 6.69. The van der Waals surface area contributed by atoms with Crippen LogP contribution in [0.1, 0.15) is 10.7 Å². The zero-order valence-corrected chi connectivity index (χ0v) is 15.6. The third kappa shape index (κ3) is 4.25. The Hall–Kier alpha value is -2.22. The van der Waals surface area contributed by atoms with Crippen molar-refractivity contribution in [2.24, 2.45) is 0 Å². The molecule has 0 bridgehead atoms. The largest absolute Gasteiger partial charge is 0.497 e. The number of hydrogen-bond acceptors (Lipinski definition) is 7. The summed E-state index contributed by atoms with van der Waals surface area (Å²) in [4.78, 5) is 13.5. The first-order chi connectivity index (χ1) is 12.1. The van der Waals surface area contributed by atoms with Crippen molar-refractivity contribution < 1.29 is 9.47 Å². The van der Waals surface area contributed by atoms with Crippen LogP contribution in [0.2, 0.25) is 5.02 Å². The fraction of sp³-hybridized carbons (Fsp3) is 0.235. The van der Waals surface area contributed by atoms with E-state index in [-0.39, 0.29) is 0 Å². The van der Waals surface area contributed by atoms with Gasteiger partial charge in [-0.05, 0) is 19.1 Å². The molecule has 6 nitrogen and oxygen atoms in total. The van der Waals surface area contributed by atoms with E-state index < -0.39 is 0 Å². The molecule has 1 N–H and O–H groups in total. The number of methoxy groups -OCH3 is 2. The Bertz CT molecular complexity index is 885. The van der Waals surface area contributed by atoms with Gasteiger partial charge in [-0.15, -0.1) is 11.3 Å². The van der Waals surface area contributed by atoms with Gasteiger partial charge in [0.1, 0.15) is 17.3 Å². The second kappa shape index (κ2) is 7.77. The number of thiazole rings is 1. The molecular formula is C17H17ClN4O2S. The molecule has 2 aromatic heterocycles. The standard InChI is InChI=1S/C17H17ClN4O2S/c1-10-19-15(9-25-10)17-20-11(8-23-2)6-16(22-17)21-14-7-12(24-3)4-5-13(14)18/h4-7,9H,8H2,1-3H3,(H,20,21,22). The van der Waals surface area contributed by atoms with Crippen molar-refractivity contribution in [1.82, 2.24) is 15.0 Å². The molecular weight excluding hydrogens is 360 g/mol. The third-order valence-corrected chi connectivity index (χ3v) is 4.46. The minimum absolute atomic E-state index is 0.374. The molecule has 0 unspecified atom stereocenters. The first-order valence-corrected chi connectivity index (χ1v) is 8.74. The van der Waals surface area contributed by atoms with Gasteiger partial charge in [0, 0.05) is 24.6 Å². The summed E-state index contributed by atoms with van der Waals surface area (Å²) in [7, 11) is 3.23. The number of nitrogens with zero attached hydrogens (tertiary/aromatic N) is 3. The maximum Gasteiger partial charge on any atom is 0.181 e. The highest BCUT2D eigenvalue weighted by molar-refractivity contribution is 7.09. The van der Waals surface area contributed by atoms with Crippen molar-refractivity contribution in [1.29, 1.82) is 0 Å². The number of hydrogen-bond donors (Lipinski definition) is 1. The van der Waals surface area contributed by atoms with Gasteiger partial charge in [0.15, 0.2) is 5.82 Å². The summed E-state index contributed by atoms with van der Waals surface area (Å²) in [6.45, 7) is 2.32. The van der Waals surface area contributed by atoms with Crippen LogP contribution in [0, 0.1) is 6.92 Å². The molecule has 0 fully saturated rings. The Morgan fingerprint density at radius 1 is 1.16 bits per heavy atom. The summed E-state index contributed by atoms with van der Waals surface area (Å²) >= 11 is 7.82. The monoisotopic (exact) mass is 376 g/mol. The predicted molar refractivity (Wildman–Crippen MR) is 99.9 cm³/mol. The van der Waals surface area contributed by atoms with E-state index in [1.54, 1.807) is 37.7 Å². The molecule has 2 heterocycles. The van der Waals surface area contributed by atoms with Crippen LogP contribution in [0.15, 0.2) is 29.6 Å². The van der Waals surface area contributed by atoms with Gasteiger partial charge in [-0.1, -0.05) is 11.6 Å². The highest BCUT2D eigenvalue weighted by atomic mass is 35.5. The number of ether oxygens (including phenoxy) is 2. The highest BCUT2D eigenvalue weighted by Gasteiger charge is 2.11. The third-order valence-electron chi connectivity index (χ3n) is 3.36. The van der Waals surface area contributed by atoms with Crippen molar-refractivity contribution in [2.45, 2.75) is 13.5 Å². The van der Waals surface area contributed by atoms with Crippen LogP contribution < -0.4 is 10.1 Å². The number of aromatic nitrogens is 3. The van der Waals surface area contributed by atoms with Crippen molar-refractivity contribution in [3.05, 3.63) is 45.4 Å². The molecule has 0 radical (unpaired) electrons. The molecule has 25 heavy (non-hydrogen) atoms. The molecule has 0 aliphatic heterocycles. The van der Waals surface area contributed by atoms with Crippen LogP contribution in [0.4, 0.5) is 11.5 Å². The molecule has 0 saturated heterocycles. The Morgan fingerprint density at radius 3 is 2.68 bits per heavy atom. The summed E-state index contributed by atoms with van der Waals surface area (Å²) < 4.78 is 10.5.